The van der Waals surface area contributed by atoms with Crippen molar-refractivity contribution < 1.29 is 12.8 Å². The second-order valence-corrected chi connectivity index (χ2v) is 7.05. The van der Waals surface area contributed by atoms with Crippen molar-refractivity contribution in [2.75, 3.05) is 12.3 Å². The summed E-state index contributed by atoms with van der Waals surface area (Å²) in [4.78, 5) is -0.373. The third-order valence-electron chi connectivity index (χ3n) is 3.95. The van der Waals surface area contributed by atoms with Gasteiger partial charge in [-0.15, -0.1) is 0 Å². The van der Waals surface area contributed by atoms with Gasteiger partial charge in [0.25, 0.3) is 0 Å². The molecule has 6 heteroatoms. The van der Waals surface area contributed by atoms with Crippen LogP contribution in [0.25, 0.3) is 0 Å². The van der Waals surface area contributed by atoms with Crippen LogP contribution in [0.2, 0.25) is 0 Å². The number of benzene rings is 1. The zero-order chi connectivity index (χ0) is 14.3. The van der Waals surface area contributed by atoms with E-state index in [1.54, 1.807) is 6.92 Å². The van der Waals surface area contributed by atoms with Crippen LogP contribution < -0.4 is 10.5 Å². The lowest BCUT2D eigenvalue weighted by Crippen LogP contribution is -2.30. The molecule has 2 rings (SSSR count). The average Bonchev–Trinajstić information content (AvgIpc) is 3.12. The van der Waals surface area contributed by atoms with E-state index in [-0.39, 0.29) is 16.0 Å². The van der Waals surface area contributed by atoms with Gasteiger partial charge in [0.15, 0.2) is 0 Å². The Labute approximate surface area is 113 Å². The molecule has 1 aromatic carbocycles. The Morgan fingerprint density at radius 3 is 2.58 bits per heavy atom. The molecule has 0 aromatic heterocycles. The molecule has 0 radical (unpaired) electrons. The Morgan fingerprint density at radius 1 is 1.42 bits per heavy atom. The van der Waals surface area contributed by atoms with Crippen molar-refractivity contribution in [2.24, 2.45) is 5.41 Å². The number of rotatable bonds is 5. The van der Waals surface area contributed by atoms with E-state index >= 15 is 0 Å². The SMILES string of the molecule is CCC1(CNS(=O)(=O)c2cc(N)c(C)cc2F)CC1. The van der Waals surface area contributed by atoms with Crippen LogP contribution in [0.15, 0.2) is 17.0 Å². The van der Waals surface area contributed by atoms with Crippen LogP contribution in [0.3, 0.4) is 0 Å². The van der Waals surface area contributed by atoms with Gasteiger partial charge in [0, 0.05) is 12.2 Å². The van der Waals surface area contributed by atoms with Gasteiger partial charge in [0.05, 0.1) is 0 Å². The fraction of sp³-hybridized carbons (Fsp3) is 0.538. The maximum absolute atomic E-state index is 13.8. The summed E-state index contributed by atoms with van der Waals surface area (Å²) >= 11 is 0. The summed E-state index contributed by atoms with van der Waals surface area (Å²) in [5.41, 5.74) is 6.52. The summed E-state index contributed by atoms with van der Waals surface area (Å²) in [6, 6.07) is 2.33. The number of anilines is 1. The van der Waals surface area contributed by atoms with Gasteiger partial charge in [-0.2, -0.15) is 0 Å². The number of nitrogen functional groups attached to an aromatic ring is 1. The highest BCUT2D eigenvalue weighted by Crippen LogP contribution is 2.48. The van der Waals surface area contributed by atoms with Crippen molar-refractivity contribution >= 4 is 15.7 Å². The zero-order valence-corrected chi connectivity index (χ0v) is 12.0. The van der Waals surface area contributed by atoms with E-state index in [2.05, 4.69) is 4.72 Å². The zero-order valence-electron chi connectivity index (χ0n) is 11.2. The standard InChI is InChI=1S/C13H19FN2O2S/c1-3-13(4-5-13)8-16-19(17,18)12-7-11(15)9(2)6-10(12)14/h6-7,16H,3-5,8,15H2,1-2H3. The largest absolute Gasteiger partial charge is 0.398 e. The van der Waals surface area contributed by atoms with Crippen LogP contribution in [-0.2, 0) is 10.0 Å². The molecule has 1 saturated carbocycles. The lowest BCUT2D eigenvalue weighted by molar-refractivity contribution is 0.473. The van der Waals surface area contributed by atoms with Crippen molar-refractivity contribution in [1.29, 1.82) is 0 Å². The van der Waals surface area contributed by atoms with Crippen LogP contribution in [0.4, 0.5) is 10.1 Å². The lowest BCUT2D eigenvalue weighted by atomic mass is 10.1. The van der Waals surface area contributed by atoms with Gasteiger partial charge in [-0.25, -0.2) is 17.5 Å². The van der Waals surface area contributed by atoms with Crippen LogP contribution in [0.1, 0.15) is 31.7 Å². The van der Waals surface area contributed by atoms with Crippen molar-refractivity contribution in [1.82, 2.24) is 4.72 Å². The van der Waals surface area contributed by atoms with Crippen LogP contribution >= 0.6 is 0 Å². The van der Waals surface area contributed by atoms with E-state index in [0.29, 0.717) is 12.1 Å². The predicted molar refractivity (Wildman–Crippen MR) is 72.7 cm³/mol. The molecule has 0 aliphatic heterocycles. The first-order valence-electron chi connectivity index (χ1n) is 6.35. The molecule has 1 fully saturated rings. The first-order chi connectivity index (χ1) is 8.80. The molecular weight excluding hydrogens is 267 g/mol. The number of sulfonamides is 1. The Balaban J connectivity index is 2.22. The van der Waals surface area contributed by atoms with E-state index in [0.717, 1.165) is 25.3 Å². The molecule has 106 valence electrons. The molecule has 4 nitrogen and oxygen atoms in total. The van der Waals surface area contributed by atoms with E-state index < -0.39 is 15.8 Å². The van der Waals surface area contributed by atoms with Crippen molar-refractivity contribution in [3.05, 3.63) is 23.5 Å². The summed E-state index contributed by atoms with van der Waals surface area (Å²) < 4.78 is 40.5. The number of hydrogen-bond acceptors (Lipinski definition) is 3. The molecule has 1 aliphatic carbocycles. The van der Waals surface area contributed by atoms with Crippen molar-refractivity contribution in [2.45, 2.75) is 38.0 Å². The Morgan fingerprint density at radius 2 is 2.05 bits per heavy atom. The first kappa shape index (κ1) is 14.3. The van der Waals surface area contributed by atoms with Crippen LogP contribution in [0.5, 0.6) is 0 Å². The summed E-state index contributed by atoms with van der Waals surface area (Å²) in [5.74, 6) is -0.763. The molecule has 0 atom stereocenters. The van der Waals surface area contributed by atoms with Gasteiger partial charge in [0.1, 0.15) is 10.7 Å². The molecule has 3 N–H and O–H groups in total. The second kappa shape index (κ2) is 4.76. The Kier molecular flexibility index (Phi) is 3.57. The number of halogens is 1. The number of aryl methyl sites for hydroxylation is 1. The second-order valence-electron chi connectivity index (χ2n) is 5.32. The first-order valence-corrected chi connectivity index (χ1v) is 7.83. The quantitative estimate of drug-likeness (QED) is 0.815. The molecule has 1 aliphatic rings. The summed E-state index contributed by atoms with van der Waals surface area (Å²) in [6.07, 6.45) is 2.96. The minimum Gasteiger partial charge on any atom is -0.398 e. The highest BCUT2D eigenvalue weighted by atomic mass is 32.2. The number of nitrogens with two attached hydrogens (primary N) is 1. The maximum atomic E-state index is 13.8. The topological polar surface area (TPSA) is 72.2 Å². The number of nitrogens with one attached hydrogen (secondary N) is 1. The van der Waals surface area contributed by atoms with E-state index in [4.69, 9.17) is 5.73 Å². The van der Waals surface area contributed by atoms with Crippen LogP contribution in [0, 0.1) is 18.2 Å². The van der Waals surface area contributed by atoms with E-state index in [9.17, 15) is 12.8 Å². The minimum atomic E-state index is -3.84. The van der Waals surface area contributed by atoms with E-state index in [1.165, 1.54) is 6.07 Å². The highest BCUT2D eigenvalue weighted by Gasteiger charge is 2.41. The van der Waals surface area contributed by atoms with Crippen LogP contribution in [-0.4, -0.2) is 15.0 Å². The fourth-order valence-electron chi connectivity index (χ4n) is 2.03. The highest BCUT2D eigenvalue weighted by molar-refractivity contribution is 7.89. The third-order valence-corrected chi connectivity index (χ3v) is 5.37. The molecule has 0 unspecified atom stereocenters. The van der Waals surface area contributed by atoms with Gasteiger partial charge >= 0.3 is 0 Å². The normalized spacial score (nSPS) is 17.4. The smallest absolute Gasteiger partial charge is 0.243 e. The molecule has 0 bridgehead atoms. The predicted octanol–water partition coefficient (Wildman–Crippen LogP) is 2.18. The van der Waals surface area contributed by atoms with Gasteiger partial charge in [-0.05, 0) is 49.3 Å². The summed E-state index contributed by atoms with van der Waals surface area (Å²) in [5, 5.41) is 0. The molecular formula is C13H19FN2O2S. The fourth-order valence-corrected chi connectivity index (χ4v) is 3.28. The molecule has 0 saturated heterocycles. The summed E-state index contributed by atoms with van der Waals surface area (Å²) in [7, 11) is -3.84. The minimum absolute atomic E-state index is 0.0692. The van der Waals surface area contributed by atoms with Crippen molar-refractivity contribution in [3.63, 3.8) is 0 Å². The maximum Gasteiger partial charge on any atom is 0.243 e. The molecule has 0 spiro atoms. The average molecular weight is 286 g/mol. The summed E-state index contributed by atoms with van der Waals surface area (Å²) in [6.45, 7) is 4.03. The van der Waals surface area contributed by atoms with E-state index in [1.807, 2.05) is 6.92 Å². The van der Waals surface area contributed by atoms with Gasteiger partial charge in [-0.1, -0.05) is 6.92 Å². The van der Waals surface area contributed by atoms with Gasteiger partial charge in [-0.3, -0.25) is 0 Å². The molecule has 0 heterocycles. The Hall–Kier alpha value is -1.14. The van der Waals surface area contributed by atoms with Gasteiger partial charge in [0.2, 0.25) is 10.0 Å². The number of hydrogen-bond donors (Lipinski definition) is 2. The van der Waals surface area contributed by atoms with Gasteiger partial charge < -0.3 is 5.73 Å². The Bertz CT molecular complexity index is 595. The molecule has 19 heavy (non-hydrogen) atoms. The molecule has 1 aromatic rings. The third kappa shape index (κ3) is 2.90. The monoisotopic (exact) mass is 286 g/mol. The van der Waals surface area contributed by atoms with Crippen molar-refractivity contribution in [3.8, 4) is 0 Å². The molecule has 0 amide bonds. The lowest BCUT2D eigenvalue weighted by Gasteiger charge is -2.14.